The zero-order valence-electron chi connectivity index (χ0n) is 13.4. The number of hydrogen-bond acceptors (Lipinski definition) is 4. The highest BCUT2D eigenvalue weighted by Crippen LogP contribution is 2.26. The average molecular weight is 342 g/mol. The standard InChI is InChI=1S/C16H21F3N4O/c17-16(18,19)7-5-12-6-8-20-15(21-12)22-9-10-23(14(24)11-22)13-3-1-2-4-13/h6,8,13H,1-5,7,9-11H2. The number of carbonyl (C=O) groups excluding carboxylic acids is 1. The average Bonchev–Trinajstić information content (AvgIpc) is 3.07. The highest BCUT2D eigenvalue weighted by Gasteiger charge is 2.32. The first-order valence-electron chi connectivity index (χ1n) is 8.35. The van der Waals surface area contributed by atoms with Crippen LogP contribution in [0, 0.1) is 0 Å². The van der Waals surface area contributed by atoms with Crippen molar-refractivity contribution in [2.45, 2.75) is 50.7 Å². The van der Waals surface area contributed by atoms with Crippen molar-refractivity contribution >= 4 is 11.9 Å². The van der Waals surface area contributed by atoms with Crippen LogP contribution in [0.25, 0.3) is 0 Å². The van der Waals surface area contributed by atoms with E-state index in [-0.39, 0.29) is 18.9 Å². The minimum Gasteiger partial charge on any atom is -0.336 e. The van der Waals surface area contributed by atoms with E-state index in [1.165, 1.54) is 25.1 Å². The van der Waals surface area contributed by atoms with Gasteiger partial charge in [0.25, 0.3) is 0 Å². The Balaban J connectivity index is 1.62. The SMILES string of the molecule is O=C1CN(c2nccc(CCC(F)(F)F)n2)CCN1C1CCCC1. The lowest BCUT2D eigenvalue weighted by Gasteiger charge is -2.37. The van der Waals surface area contributed by atoms with E-state index in [1.54, 1.807) is 4.90 Å². The number of carbonyl (C=O) groups is 1. The first-order chi connectivity index (χ1) is 11.4. The molecule has 1 saturated carbocycles. The molecule has 1 aromatic rings. The molecule has 3 rings (SSSR count). The number of rotatable bonds is 4. The molecule has 132 valence electrons. The zero-order valence-corrected chi connectivity index (χ0v) is 13.4. The smallest absolute Gasteiger partial charge is 0.336 e. The van der Waals surface area contributed by atoms with Crippen LogP contribution in [-0.2, 0) is 11.2 Å². The largest absolute Gasteiger partial charge is 0.389 e. The number of anilines is 1. The Morgan fingerprint density at radius 2 is 1.96 bits per heavy atom. The zero-order chi connectivity index (χ0) is 17.2. The molecule has 5 nitrogen and oxygen atoms in total. The Labute approximate surface area is 138 Å². The lowest BCUT2D eigenvalue weighted by atomic mass is 10.1. The highest BCUT2D eigenvalue weighted by atomic mass is 19.4. The summed E-state index contributed by atoms with van der Waals surface area (Å²) in [6.07, 6.45) is 0.651. The van der Waals surface area contributed by atoms with E-state index in [0.29, 0.717) is 30.8 Å². The van der Waals surface area contributed by atoms with E-state index in [2.05, 4.69) is 9.97 Å². The van der Waals surface area contributed by atoms with Crippen LogP contribution in [0.2, 0.25) is 0 Å². The topological polar surface area (TPSA) is 49.3 Å². The number of nitrogens with zero attached hydrogens (tertiary/aromatic N) is 4. The molecule has 2 fully saturated rings. The maximum absolute atomic E-state index is 12.4. The van der Waals surface area contributed by atoms with Crippen molar-refractivity contribution in [3.05, 3.63) is 18.0 Å². The van der Waals surface area contributed by atoms with Crippen molar-refractivity contribution in [3.8, 4) is 0 Å². The van der Waals surface area contributed by atoms with Gasteiger partial charge < -0.3 is 9.80 Å². The molecular formula is C16H21F3N4O. The minimum atomic E-state index is -4.20. The first kappa shape index (κ1) is 17.0. The van der Waals surface area contributed by atoms with Crippen LogP contribution >= 0.6 is 0 Å². The Morgan fingerprint density at radius 1 is 1.21 bits per heavy atom. The molecule has 1 amide bonds. The second-order valence-corrected chi connectivity index (χ2v) is 6.41. The van der Waals surface area contributed by atoms with Crippen molar-refractivity contribution < 1.29 is 18.0 Å². The number of hydrogen-bond donors (Lipinski definition) is 0. The normalized spacial score (nSPS) is 20.0. The second kappa shape index (κ2) is 6.94. The first-order valence-corrected chi connectivity index (χ1v) is 8.35. The third-order valence-electron chi connectivity index (χ3n) is 4.67. The van der Waals surface area contributed by atoms with E-state index in [0.717, 1.165) is 12.8 Å². The lowest BCUT2D eigenvalue weighted by Crippen LogP contribution is -2.54. The summed E-state index contributed by atoms with van der Waals surface area (Å²) in [5, 5.41) is 0. The molecular weight excluding hydrogens is 321 g/mol. The van der Waals surface area contributed by atoms with Gasteiger partial charge in [-0.05, 0) is 25.3 Å². The summed E-state index contributed by atoms with van der Waals surface area (Å²) in [7, 11) is 0. The van der Waals surface area contributed by atoms with Crippen molar-refractivity contribution in [1.82, 2.24) is 14.9 Å². The summed E-state index contributed by atoms with van der Waals surface area (Å²) >= 11 is 0. The number of halogens is 3. The molecule has 0 radical (unpaired) electrons. The van der Waals surface area contributed by atoms with Gasteiger partial charge in [0, 0.05) is 37.4 Å². The summed E-state index contributed by atoms with van der Waals surface area (Å²) < 4.78 is 37.0. The molecule has 2 aliphatic rings. The number of aromatic nitrogens is 2. The van der Waals surface area contributed by atoms with E-state index < -0.39 is 12.6 Å². The number of aryl methyl sites for hydroxylation is 1. The molecule has 0 unspecified atom stereocenters. The summed E-state index contributed by atoms with van der Waals surface area (Å²) in [4.78, 5) is 24.4. The molecule has 0 atom stereocenters. The molecule has 0 spiro atoms. The summed E-state index contributed by atoms with van der Waals surface area (Å²) in [6.45, 7) is 1.43. The molecule has 0 bridgehead atoms. The number of amides is 1. The molecule has 0 aromatic carbocycles. The van der Waals surface area contributed by atoms with Crippen molar-refractivity contribution in [2.24, 2.45) is 0 Å². The van der Waals surface area contributed by atoms with Gasteiger partial charge in [-0.15, -0.1) is 0 Å². The molecule has 1 aliphatic heterocycles. The summed E-state index contributed by atoms with van der Waals surface area (Å²) in [6, 6.07) is 1.84. The molecule has 1 aromatic heterocycles. The van der Waals surface area contributed by atoms with E-state index >= 15 is 0 Å². The summed E-state index contributed by atoms with van der Waals surface area (Å²) in [5.41, 5.74) is 0.350. The van der Waals surface area contributed by atoms with Crippen molar-refractivity contribution in [1.29, 1.82) is 0 Å². The van der Waals surface area contributed by atoms with Crippen molar-refractivity contribution in [3.63, 3.8) is 0 Å². The molecule has 1 aliphatic carbocycles. The molecule has 2 heterocycles. The quantitative estimate of drug-likeness (QED) is 0.844. The minimum absolute atomic E-state index is 0.0532. The van der Waals surface area contributed by atoms with Gasteiger partial charge in [-0.2, -0.15) is 13.2 Å². The Hall–Kier alpha value is -1.86. The van der Waals surface area contributed by atoms with Crippen LogP contribution in [0.15, 0.2) is 12.3 Å². The predicted molar refractivity (Wildman–Crippen MR) is 82.6 cm³/mol. The van der Waals surface area contributed by atoms with Crippen LogP contribution < -0.4 is 4.90 Å². The molecule has 8 heteroatoms. The molecule has 24 heavy (non-hydrogen) atoms. The van der Waals surface area contributed by atoms with Gasteiger partial charge in [-0.1, -0.05) is 12.8 Å². The van der Waals surface area contributed by atoms with Crippen LogP contribution in [0.5, 0.6) is 0 Å². The van der Waals surface area contributed by atoms with Gasteiger partial charge in [0.2, 0.25) is 11.9 Å². The fraction of sp³-hybridized carbons (Fsp3) is 0.688. The van der Waals surface area contributed by atoms with Crippen LogP contribution in [-0.4, -0.2) is 52.6 Å². The summed E-state index contributed by atoms with van der Waals surface area (Å²) in [5.74, 6) is 0.395. The van der Waals surface area contributed by atoms with Crippen LogP contribution in [0.1, 0.15) is 37.8 Å². The van der Waals surface area contributed by atoms with Gasteiger partial charge in [-0.25, -0.2) is 9.97 Å². The third-order valence-corrected chi connectivity index (χ3v) is 4.67. The van der Waals surface area contributed by atoms with E-state index in [4.69, 9.17) is 0 Å². The number of piperazine rings is 1. The van der Waals surface area contributed by atoms with Gasteiger partial charge >= 0.3 is 6.18 Å². The highest BCUT2D eigenvalue weighted by molar-refractivity contribution is 5.82. The maximum atomic E-state index is 12.4. The van der Waals surface area contributed by atoms with Gasteiger partial charge in [0.1, 0.15) is 6.54 Å². The maximum Gasteiger partial charge on any atom is 0.389 e. The monoisotopic (exact) mass is 342 g/mol. The predicted octanol–water partition coefficient (Wildman–Crippen LogP) is 2.56. The lowest BCUT2D eigenvalue weighted by molar-refractivity contribution is -0.134. The van der Waals surface area contributed by atoms with Gasteiger partial charge in [0.05, 0.1) is 0 Å². The van der Waals surface area contributed by atoms with Crippen LogP contribution in [0.4, 0.5) is 19.1 Å². The fourth-order valence-electron chi connectivity index (χ4n) is 3.41. The third kappa shape index (κ3) is 4.15. The Morgan fingerprint density at radius 3 is 2.62 bits per heavy atom. The van der Waals surface area contributed by atoms with E-state index in [1.807, 2.05) is 4.90 Å². The fourth-order valence-corrected chi connectivity index (χ4v) is 3.41. The van der Waals surface area contributed by atoms with E-state index in [9.17, 15) is 18.0 Å². The Kier molecular flexibility index (Phi) is 4.91. The number of alkyl halides is 3. The Bertz CT molecular complexity index is 587. The van der Waals surface area contributed by atoms with Gasteiger partial charge in [-0.3, -0.25) is 4.79 Å². The second-order valence-electron chi connectivity index (χ2n) is 6.41. The van der Waals surface area contributed by atoms with Crippen LogP contribution in [0.3, 0.4) is 0 Å². The molecule has 1 saturated heterocycles. The van der Waals surface area contributed by atoms with Crippen molar-refractivity contribution in [2.75, 3.05) is 24.5 Å². The molecule has 0 N–H and O–H groups in total. The van der Waals surface area contributed by atoms with Gasteiger partial charge in [0.15, 0.2) is 0 Å².